The lowest BCUT2D eigenvalue weighted by Crippen LogP contribution is -2.43. The third-order valence-electron chi connectivity index (χ3n) is 3.96. The minimum Gasteiger partial charge on any atom is -0.356 e. The first-order chi connectivity index (χ1) is 10.4. The number of nitrogens with zero attached hydrogens (tertiary/aromatic N) is 2. The van der Waals surface area contributed by atoms with Crippen LogP contribution in [0.4, 0.5) is 0 Å². The summed E-state index contributed by atoms with van der Waals surface area (Å²) in [6, 6.07) is 0. The predicted molar refractivity (Wildman–Crippen MR) is 83.7 cm³/mol. The zero-order chi connectivity index (χ0) is 16.0. The minimum atomic E-state index is -3.12. The van der Waals surface area contributed by atoms with Crippen LogP contribution in [0.15, 0.2) is 12.4 Å². The van der Waals surface area contributed by atoms with Gasteiger partial charge in [-0.1, -0.05) is 0 Å². The summed E-state index contributed by atoms with van der Waals surface area (Å²) in [5, 5.41) is 9.53. The van der Waals surface area contributed by atoms with Gasteiger partial charge in [0.25, 0.3) is 0 Å². The number of rotatable bonds is 7. The molecule has 0 aromatic carbocycles. The van der Waals surface area contributed by atoms with Gasteiger partial charge in [-0.2, -0.15) is 5.10 Å². The number of hydrogen-bond acceptors (Lipinski definition) is 4. The van der Waals surface area contributed by atoms with Crippen molar-refractivity contribution >= 4 is 15.9 Å². The monoisotopic (exact) mass is 328 g/mol. The second kappa shape index (κ2) is 7.73. The van der Waals surface area contributed by atoms with Crippen molar-refractivity contribution in [3.05, 3.63) is 18.0 Å². The van der Waals surface area contributed by atoms with Crippen LogP contribution in [-0.4, -0.2) is 54.7 Å². The number of aromatic nitrogens is 2. The minimum absolute atomic E-state index is 0.0278. The average Bonchev–Trinajstić information content (AvgIpc) is 2.98. The number of sulfonamides is 1. The number of piperidine rings is 1. The molecule has 0 spiro atoms. The van der Waals surface area contributed by atoms with Crippen molar-refractivity contribution in [2.24, 2.45) is 5.92 Å². The second-order valence-corrected chi connectivity index (χ2v) is 7.88. The molecule has 1 aromatic heterocycles. The van der Waals surface area contributed by atoms with Crippen LogP contribution in [-0.2, 0) is 21.2 Å². The lowest BCUT2D eigenvalue weighted by molar-refractivity contribution is -0.121. The molecule has 0 bridgehead atoms. The van der Waals surface area contributed by atoms with Crippen molar-refractivity contribution in [3.8, 4) is 0 Å². The molecule has 1 fully saturated rings. The molecule has 1 aliphatic rings. The normalized spacial score (nSPS) is 20.0. The van der Waals surface area contributed by atoms with E-state index in [1.54, 1.807) is 6.20 Å². The zero-order valence-electron chi connectivity index (χ0n) is 12.9. The van der Waals surface area contributed by atoms with Crippen LogP contribution in [0.3, 0.4) is 0 Å². The molecule has 124 valence electrons. The maximum atomic E-state index is 11.8. The average molecular weight is 328 g/mol. The number of carbonyl (C=O) groups is 1. The van der Waals surface area contributed by atoms with E-state index in [0.717, 1.165) is 31.2 Å². The highest BCUT2D eigenvalue weighted by Crippen LogP contribution is 2.18. The summed E-state index contributed by atoms with van der Waals surface area (Å²) >= 11 is 0. The van der Waals surface area contributed by atoms with Gasteiger partial charge < -0.3 is 5.32 Å². The molecule has 2 heterocycles. The van der Waals surface area contributed by atoms with Crippen molar-refractivity contribution in [2.45, 2.75) is 32.1 Å². The molecule has 1 aliphatic heterocycles. The number of H-pyrrole nitrogens is 1. The van der Waals surface area contributed by atoms with Crippen molar-refractivity contribution in [2.75, 3.05) is 25.9 Å². The van der Waals surface area contributed by atoms with Crippen LogP contribution in [0.25, 0.3) is 0 Å². The maximum absolute atomic E-state index is 11.8. The van der Waals surface area contributed by atoms with E-state index in [9.17, 15) is 13.2 Å². The van der Waals surface area contributed by atoms with Gasteiger partial charge in [0, 0.05) is 32.3 Å². The molecule has 8 heteroatoms. The van der Waals surface area contributed by atoms with Gasteiger partial charge in [-0.25, -0.2) is 12.7 Å². The fraction of sp³-hybridized carbons (Fsp3) is 0.714. The quantitative estimate of drug-likeness (QED) is 0.763. The van der Waals surface area contributed by atoms with Crippen molar-refractivity contribution in [1.29, 1.82) is 0 Å². The van der Waals surface area contributed by atoms with Crippen LogP contribution in [0, 0.1) is 5.92 Å². The largest absolute Gasteiger partial charge is 0.356 e. The fourth-order valence-corrected chi connectivity index (χ4v) is 3.65. The highest BCUT2D eigenvalue weighted by molar-refractivity contribution is 7.88. The molecule has 1 aromatic rings. The topological polar surface area (TPSA) is 95.2 Å². The van der Waals surface area contributed by atoms with Crippen molar-refractivity contribution in [3.63, 3.8) is 0 Å². The molecule has 1 amide bonds. The Labute approximate surface area is 131 Å². The van der Waals surface area contributed by atoms with E-state index in [1.807, 2.05) is 6.20 Å². The molecule has 7 nitrogen and oxygen atoms in total. The summed E-state index contributed by atoms with van der Waals surface area (Å²) in [7, 11) is -3.12. The summed E-state index contributed by atoms with van der Waals surface area (Å²) in [5.74, 6) is 0.237. The zero-order valence-corrected chi connectivity index (χ0v) is 13.7. The number of nitrogens with one attached hydrogen (secondary N) is 2. The van der Waals surface area contributed by atoms with Gasteiger partial charge in [0.15, 0.2) is 0 Å². The summed E-state index contributed by atoms with van der Waals surface area (Å²) in [6.07, 6.45) is 8.74. The molecular formula is C14H24N4O3S. The van der Waals surface area contributed by atoms with E-state index in [2.05, 4.69) is 15.5 Å². The Morgan fingerprint density at radius 2 is 2.36 bits per heavy atom. The van der Waals surface area contributed by atoms with E-state index in [0.29, 0.717) is 26.1 Å². The Hall–Kier alpha value is -1.41. The van der Waals surface area contributed by atoms with Gasteiger partial charge in [0.05, 0.1) is 12.5 Å². The van der Waals surface area contributed by atoms with Crippen molar-refractivity contribution < 1.29 is 13.2 Å². The number of carbonyl (C=O) groups excluding carboxylic acids is 1. The maximum Gasteiger partial charge on any atom is 0.220 e. The SMILES string of the molecule is CS(=O)(=O)N1CCC[C@@H](CNC(=O)CCCc2cn[nH]c2)C1. The summed E-state index contributed by atoms with van der Waals surface area (Å²) < 4.78 is 24.6. The van der Waals surface area contributed by atoms with E-state index < -0.39 is 10.0 Å². The van der Waals surface area contributed by atoms with Gasteiger partial charge >= 0.3 is 0 Å². The van der Waals surface area contributed by atoms with Gasteiger partial charge in [-0.15, -0.1) is 0 Å². The first-order valence-electron chi connectivity index (χ1n) is 7.64. The number of aryl methyl sites for hydroxylation is 1. The van der Waals surface area contributed by atoms with Crippen LogP contribution < -0.4 is 5.32 Å². The molecule has 1 atom stereocenters. The smallest absolute Gasteiger partial charge is 0.220 e. The van der Waals surface area contributed by atoms with E-state index in [-0.39, 0.29) is 11.8 Å². The Morgan fingerprint density at radius 3 is 3.05 bits per heavy atom. The van der Waals surface area contributed by atoms with Crippen LogP contribution in [0.5, 0.6) is 0 Å². The van der Waals surface area contributed by atoms with Crippen LogP contribution >= 0.6 is 0 Å². The van der Waals surface area contributed by atoms with E-state index in [4.69, 9.17) is 0 Å². The Kier molecular flexibility index (Phi) is 5.96. The second-order valence-electron chi connectivity index (χ2n) is 5.89. The highest BCUT2D eigenvalue weighted by atomic mass is 32.2. The standard InChI is InChI=1S/C14H24N4O3S/c1-22(20,21)18-7-3-5-13(11-18)8-15-14(19)6-2-4-12-9-16-17-10-12/h9-10,13H,2-8,11H2,1H3,(H,15,19)(H,16,17)/t13-/m0/s1. The molecular weight excluding hydrogens is 304 g/mol. The van der Waals surface area contributed by atoms with Gasteiger partial charge in [-0.05, 0) is 37.2 Å². The summed E-state index contributed by atoms with van der Waals surface area (Å²) in [4.78, 5) is 11.8. The molecule has 22 heavy (non-hydrogen) atoms. The molecule has 2 rings (SSSR count). The Morgan fingerprint density at radius 1 is 1.55 bits per heavy atom. The lowest BCUT2D eigenvalue weighted by Gasteiger charge is -2.30. The van der Waals surface area contributed by atoms with Crippen LogP contribution in [0.1, 0.15) is 31.2 Å². The molecule has 0 saturated carbocycles. The lowest BCUT2D eigenvalue weighted by atomic mass is 9.99. The van der Waals surface area contributed by atoms with E-state index in [1.165, 1.54) is 10.6 Å². The van der Waals surface area contributed by atoms with Crippen molar-refractivity contribution in [1.82, 2.24) is 19.8 Å². The fourth-order valence-electron chi connectivity index (χ4n) is 2.71. The number of amides is 1. The van der Waals surface area contributed by atoms with Gasteiger partial charge in [0.2, 0.25) is 15.9 Å². The Bertz CT molecular complexity index is 571. The summed E-state index contributed by atoms with van der Waals surface area (Å²) in [5.41, 5.74) is 1.10. The molecule has 2 N–H and O–H groups in total. The van der Waals surface area contributed by atoms with Gasteiger partial charge in [-0.3, -0.25) is 9.89 Å². The number of hydrogen-bond donors (Lipinski definition) is 2. The number of aromatic amines is 1. The third-order valence-corrected chi connectivity index (χ3v) is 5.23. The molecule has 0 aliphatic carbocycles. The highest BCUT2D eigenvalue weighted by Gasteiger charge is 2.25. The first-order valence-corrected chi connectivity index (χ1v) is 9.49. The van der Waals surface area contributed by atoms with Gasteiger partial charge in [0.1, 0.15) is 0 Å². The molecule has 1 saturated heterocycles. The molecule has 0 unspecified atom stereocenters. The first kappa shape index (κ1) is 17.0. The summed E-state index contributed by atoms with van der Waals surface area (Å²) in [6.45, 7) is 1.65. The Balaban J connectivity index is 1.65. The predicted octanol–water partition coefficient (Wildman–Crippen LogP) is 0.520. The van der Waals surface area contributed by atoms with E-state index >= 15 is 0 Å². The third kappa shape index (κ3) is 5.42. The van der Waals surface area contributed by atoms with Crippen LogP contribution in [0.2, 0.25) is 0 Å². The molecule has 0 radical (unpaired) electrons.